The minimum Gasteiger partial charge on any atom is -0.308 e. The van der Waals surface area contributed by atoms with E-state index in [1.165, 1.54) is 16.9 Å². The molecule has 30 heavy (non-hydrogen) atoms. The second-order valence-electron chi connectivity index (χ2n) is 7.77. The van der Waals surface area contributed by atoms with Crippen LogP contribution in [-0.4, -0.2) is 22.8 Å². The average molecular weight is 438 g/mol. The van der Waals surface area contributed by atoms with Crippen molar-refractivity contribution in [2.75, 3.05) is 10.2 Å². The number of fused-ring (bicyclic) bond motifs is 2. The molecule has 2 heterocycles. The zero-order chi connectivity index (χ0) is 20.8. The van der Waals surface area contributed by atoms with E-state index in [0.29, 0.717) is 15.7 Å². The molecule has 0 saturated heterocycles. The van der Waals surface area contributed by atoms with E-state index in [2.05, 4.69) is 23.3 Å². The third kappa shape index (κ3) is 3.30. The summed E-state index contributed by atoms with van der Waals surface area (Å²) in [7, 11) is 0. The van der Waals surface area contributed by atoms with Crippen LogP contribution in [-0.2, 0) is 17.6 Å². The lowest BCUT2D eigenvalue weighted by Crippen LogP contribution is -2.38. The number of halogens is 1. The van der Waals surface area contributed by atoms with E-state index in [1.807, 2.05) is 23.1 Å². The molecule has 2 aliphatic rings. The Morgan fingerprint density at radius 3 is 2.73 bits per heavy atom. The van der Waals surface area contributed by atoms with Gasteiger partial charge in [0.15, 0.2) is 5.13 Å². The van der Waals surface area contributed by atoms with Crippen LogP contribution >= 0.6 is 22.9 Å². The first kappa shape index (κ1) is 19.3. The monoisotopic (exact) mass is 437 g/mol. The number of nitrogens with zero attached hydrogens (tertiary/aromatic N) is 2. The van der Waals surface area contributed by atoms with E-state index >= 15 is 0 Å². The number of hydrogen-bond acceptors (Lipinski definition) is 4. The highest BCUT2D eigenvalue weighted by Gasteiger charge is 2.39. The molecule has 3 aromatic rings. The van der Waals surface area contributed by atoms with Crippen molar-refractivity contribution in [3.8, 4) is 0 Å². The number of aryl methyl sites for hydroxylation is 1. The minimum atomic E-state index is -0.258. The highest BCUT2D eigenvalue weighted by atomic mass is 35.5. The summed E-state index contributed by atoms with van der Waals surface area (Å²) in [5.41, 5.74) is 3.55. The van der Waals surface area contributed by atoms with Gasteiger partial charge >= 0.3 is 0 Å². The zero-order valence-corrected chi connectivity index (χ0v) is 18.0. The molecular weight excluding hydrogens is 418 g/mol. The van der Waals surface area contributed by atoms with Crippen LogP contribution in [0.1, 0.15) is 45.8 Å². The van der Waals surface area contributed by atoms with Crippen LogP contribution in [0.25, 0.3) is 0 Å². The molecular formula is C23H20ClN3O2S. The van der Waals surface area contributed by atoms with Gasteiger partial charge in [0.25, 0.3) is 5.91 Å². The lowest BCUT2D eigenvalue weighted by atomic mass is 10.0. The van der Waals surface area contributed by atoms with E-state index in [-0.39, 0.29) is 23.8 Å². The normalized spacial score (nSPS) is 19.5. The summed E-state index contributed by atoms with van der Waals surface area (Å²) in [5.74, 6) is -0.387. The topological polar surface area (TPSA) is 62.3 Å². The van der Waals surface area contributed by atoms with Gasteiger partial charge in [-0.3, -0.25) is 14.9 Å². The van der Waals surface area contributed by atoms with Gasteiger partial charge in [0, 0.05) is 27.2 Å². The van der Waals surface area contributed by atoms with Crippen LogP contribution in [0.2, 0.25) is 5.02 Å². The van der Waals surface area contributed by atoms with Gasteiger partial charge < -0.3 is 4.90 Å². The molecule has 1 aliphatic carbocycles. The summed E-state index contributed by atoms with van der Waals surface area (Å²) in [4.78, 5) is 33.6. The number of rotatable bonds is 3. The fourth-order valence-electron chi connectivity index (χ4n) is 4.36. The van der Waals surface area contributed by atoms with Crippen LogP contribution in [0.5, 0.6) is 0 Å². The number of aromatic nitrogens is 1. The van der Waals surface area contributed by atoms with Crippen molar-refractivity contribution < 1.29 is 9.59 Å². The van der Waals surface area contributed by atoms with Gasteiger partial charge in [-0.05, 0) is 62.1 Å². The summed E-state index contributed by atoms with van der Waals surface area (Å²) in [6, 6.07) is 15.0. The third-order valence-corrected chi connectivity index (χ3v) is 7.09. The Labute approximate surface area is 183 Å². The maximum atomic E-state index is 13.5. The number of amides is 2. The van der Waals surface area contributed by atoms with Crippen molar-refractivity contribution in [3.05, 3.63) is 75.3 Å². The fourth-order valence-corrected chi connectivity index (χ4v) is 5.52. The van der Waals surface area contributed by atoms with E-state index in [9.17, 15) is 9.59 Å². The van der Waals surface area contributed by atoms with Crippen LogP contribution in [0, 0.1) is 0 Å². The van der Waals surface area contributed by atoms with E-state index < -0.39 is 0 Å². The van der Waals surface area contributed by atoms with Crippen molar-refractivity contribution in [1.82, 2.24) is 4.98 Å². The maximum Gasteiger partial charge on any atom is 0.257 e. The van der Waals surface area contributed by atoms with Crippen molar-refractivity contribution in [2.45, 2.75) is 38.1 Å². The molecule has 1 N–H and O–H groups in total. The smallest absolute Gasteiger partial charge is 0.257 e. The molecule has 152 valence electrons. The predicted octanol–water partition coefficient (Wildman–Crippen LogP) is 5.06. The zero-order valence-electron chi connectivity index (χ0n) is 16.4. The Balaban J connectivity index is 1.36. The maximum absolute atomic E-state index is 13.5. The number of para-hydroxylation sites is 1. The van der Waals surface area contributed by atoms with Crippen LogP contribution < -0.4 is 10.2 Å². The minimum absolute atomic E-state index is 0.104. The van der Waals surface area contributed by atoms with Crippen molar-refractivity contribution in [3.63, 3.8) is 0 Å². The molecule has 2 unspecified atom stereocenters. The van der Waals surface area contributed by atoms with E-state index in [0.717, 1.165) is 35.5 Å². The first-order valence-electron chi connectivity index (χ1n) is 9.99. The second-order valence-corrected chi connectivity index (χ2v) is 9.29. The highest BCUT2D eigenvalue weighted by Crippen LogP contribution is 2.42. The van der Waals surface area contributed by atoms with Crippen molar-refractivity contribution >= 4 is 45.6 Å². The van der Waals surface area contributed by atoms with Crippen LogP contribution in [0.4, 0.5) is 10.8 Å². The lowest BCUT2D eigenvalue weighted by molar-refractivity contribution is -0.120. The van der Waals surface area contributed by atoms with Crippen molar-refractivity contribution in [2.24, 2.45) is 0 Å². The molecule has 1 aliphatic heterocycles. The van der Waals surface area contributed by atoms with Crippen molar-refractivity contribution in [1.29, 1.82) is 0 Å². The number of thiazole rings is 1. The Morgan fingerprint density at radius 1 is 1.17 bits per heavy atom. The van der Waals surface area contributed by atoms with Crippen LogP contribution in [0.3, 0.4) is 0 Å². The quantitative estimate of drug-likeness (QED) is 0.623. The lowest BCUT2D eigenvalue weighted by Gasteiger charge is -2.25. The molecule has 0 bridgehead atoms. The molecule has 0 radical (unpaired) electrons. The number of nitrogens with one attached hydrogen (secondary N) is 1. The Bertz CT molecular complexity index is 1140. The summed E-state index contributed by atoms with van der Waals surface area (Å²) < 4.78 is 0. The largest absolute Gasteiger partial charge is 0.308 e. The molecule has 2 amide bonds. The molecule has 0 fully saturated rings. The molecule has 0 spiro atoms. The number of carbonyl (C=O) groups is 2. The number of anilines is 2. The molecule has 7 heteroatoms. The summed E-state index contributed by atoms with van der Waals surface area (Å²) >= 11 is 7.35. The number of benzene rings is 2. The Hall–Kier alpha value is -2.70. The van der Waals surface area contributed by atoms with E-state index in [4.69, 9.17) is 11.6 Å². The predicted molar refractivity (Wildman–Crippen MR) is 120 cm³/mol. The SMILES string of the molecule is CC1Cc2ccccc2N1C(=O)C1CCc2sc(NC(=O)c3ccc(Cl)cc3)nc21. The average Bonchev–Trinajstić information content (AvgIpc) is 3.39. The van der Waals surface area contributed by atoms with E-state index in [1.54, 1.807) is 24.3 Å². The first-order valence-corrected chi connectivity index (χ1v) is 11.2. The Morgan fingerprint density at radius 2 is 1.93 bits per heavy atom. The van der Waals surface area contributed by atoms with Gasteiger partial charge in [0.1, 0.15) is 0 Å². The summed E-state index contributed by atoms with van der Waals surface area (Å²) in [5, 5.41) is 3.98. The fraction of sp³-hybridized carbons (Fsp3) is 0.261. The molecule has 5 nitrogen and oxygen atoms in total. The van der Waals surface area contributed by atoms with Crippen LogP contribution in [0.15, 0.2) is 48.5 Å². The first-order chi connectivity index (χ1) is 14.5. The van der Waals surface area contributed by atoms with Gasteiger partial charge in [-0.1, -0.05) is 29.8 Å². The van der Waals surface area contributed by atoms with Gasteiger partial charge in [-0.25, -0.2) is 4.98 Å². The highest BCUT2D eigenvalue weighted by molar-refractivity contribution is 7.16. The summed E-state index contributed by atoms with van der Waals surface area (Å²) in [6.07, 6.45) is 2.45. The molecule has 2 atom stereocenters. The van der Waals surface area contributed by atoms with Gasteiger partial charge in [0.05, 0.1) is 11.6 Å². The van der Waals surface area contributed by atoms with Gasteiger partial charge in [0.2, 0.25) is 5.91 Å². The second kappa shape index (κ2) is 7.52. The van der Waals surface area contributed by atoms with Gasteiger partial charge in [-0.2, -0.15) is 0 Å². The van der Waals surface area contributed by atoms with Gasteiger partial charge in [-0.15, -0.1) is 11.3 Å². The Kier molecular flexibility index (Phi) is 4.83. The molecule has 5 rings (SSSR count). The summed E-state index contributed by atoms with van der Waals surface area (Å²) in [6.45, 7) is 2.09. The number of hydrogen-bond donors (Lipinski definition) is 1. The molecule has 2 aromatic carbocycles. The third-order valence-electron chi connectivity index (χ3n) is 5.79. The molecule has 1 aromatic heterocycles. The standard InChI is InChI=1S/C23H20ClN3O2S/c1-13-12-15-4-2-3-5-18(15)27(13)22(29)17-10-11-19-20(17)25-23(30-19)26-21(28)14-6-8-16(24)9-7-14/h2-9,13,17H,10-12H2,1H3,(H,25,26,28). The molecule has 0 saturated carbocycles. The number of carbonyl (C=O) groups excluding carboxylic acids is 2.